The fraction of sp³-hybridized carbons (Fsp3) is 0.364. The number of nitrogens with two attached hydrogens (primary N) is 1. The lowest BCUT2D eigenvalue weighted by Gasteiger charge is -2.03. The topological polar surface area (TPSA) is 43.3 Å². The van der Waals surface area contributed by atoms with Crippen molar-refractivity contribution in [1.82, 2.24) is 9.38 Å². The lowest BCUT2D eigenvalue weighted by atomic mass is 10.1. The number of nitrogens with zero attached hydrogens (tertiary/aromatic N) is 2. The van der Waals surface area contributed by atoms with E-state index < -0.39 is 0 Å². The minimum atomic E-state index is 0.582. The Morgan fingerprint density at radius 3 is 2.93 bits per heavy atom. The zero-order valence-electron chi connectivity index (χ0n) is 8.87. The van der Waals surface area contributed by atoms with Gasteiger partial charge >= 0.3 is 0 Å². The molecule has 0 radical (unpaired) electrons. The van der Waals surface area contributed by atoms with E-state index in [2.05, 4.69) is 39.2 Å². The number of aromatic nitrogens is 2. The van der Waals surface area contributed by atoms with E-state index in [0.717, 1.165) is 22.2 Å². The maximum Gasteiger partial charge on any atom is 0.149 e. The molecule has 0 unspecified atom stereocenters. The summed E-state index contributed by atoms with van der Waals surface area (Å²) in [6.45, 7) is 4.35. The van der Waals surface area contributed by atoms with E-state index in [1.165, 1.54) is 0 Å². The summed E-state index contributed by atoms with van der Waals surface area (Å²) in [7, 11) is 0. The monoisotopic (exact) mass is 267 g/mol. The molecule has 0 aliphatic rings. The highest BCUT2D eigenvalue weighted by atomic mass is 79.9. The highest BCUT2D eigenvalue weighted by Crippen LogP contribution is 2.21. The second-order valence-electron chi connectivity index (χ2n) is 4.11. The van der Waals surface area contributed by atoms with Crippen LogP contribution in [0.4, 0.5) is 5.82 Å². The normalized spacial score (nSPS) is 11.5. The molecule has 15 heavy (non-hydrogen) atoms. The molecule has 0 saturated heterocycles. The number of rotatable bonds is 2. The second kappa shape index (κ2) is 3.85. The number of halogens is 1. The first-order chi connectivity index (χ1) is 7.08. The van der Waals surface area contributed by atoms with Crippen molar-refractivity contribution in [1.29, 1.82) is 0 Å². The van der Waals surface area contributed by atoms with Gasteiger partial charge in [0.2, 0.25) is 0 Å². The zero-order valence-corrected chi connectivity index (χ0v) is 10.5. The van der Waals surface area contributed by atoms with Crippen LogP contribution in [-0.2, 0) is 6.42 Å². The van der Waals surface area contributed by atoms with Gasteiger partial charge in [0, 0.05) is 17.1 Å². The quantitative estimate of drug-likeness (QED) is 0.910. The van der Waals surface area contributed by atoms with Crippen molar-refractivity contribution in [2.45, 2.75) is 20.3 Å². The second-order valence-corrected chi connectivity index (χ2v) is 5.03. The van der Waals surface area contributed by atoms with Gasteiger partial charge in [-0.15, -0.1) is 0 Å². The van der Waals surface area contributed by atoms with Crippen molar-refractivity contribution in [3.8, 4) is 0 Å². The molecule has 0 fully saturated rings. The molecule has 2 rings (SSSR count). The Morgan fingerprint density at radius 1 is 1.53 bits per heavy atom. The van der Waals surface area contributed by atoms with Crippen LogP contribution in [-0.4, -0.2) is 9.38 Å². The van der Waals surface area contributed by atoms with Crippen LogP contribution >= 0.6 is 15.9 Å². The van der Waals surface area contributed by atoms with Gasteiger partial charge in [0.1, 0.15) is 11.6 Å². The van der Waals surface area contributed by atoms with E-state index in [0.29, 0.717) is 11.7 Å². The van der Waals surface area contributed by atoms with E-state index in [1.807, 2.05) is 18.3 Å². The average molecular weight is 268 g/mol. The first-order valence-corrected chi connectivity index (χ1v) is 5.79. The van der Waals surface area contributed by atoms with E-state index >= 15 is 0 Å². The van der Waals surface area contributed by atoms with Gasteiger partial charge < -0.3 is 10.1 Å². The average Bonchev–Trinajstić information content (AvgIpc) is 2.42. The van der Waals surface area contributed by atoms with Crippen LogP contribution in [0.5, 0.6) is 0 Å². The lowest BCUT2D eigenvalue weighted by Crippen LogP contribution is -2.00. The van der Waals surface area contributed by atoms with Crippen molar-refractivity contribution >= 4 is 27.3 Å². The molecule has 0 aliphatic carbocycles. The van der Waals surface area contributed by atoms with Crippen LogP contribution in [0.1, 0.15) is 19.7 Å². The van der Waals surface area contributed by atoms with Crippen LogP contribution < -0.4 is 5.73 Å². The molecule has 80 valence electrons. The number of anilines is 1. The summed E-state index contributed by atoms with van der Waals surface area (Å²) in [6, 6.07) is 3.99. The molecular formula is C11H14BrN3. The number of imidazole rings is 1. The van der Waals surface area contributed by atoms with Gasteiger partial charge in [-0.2, -0.15) is 0 Å². The van der Waals surface area contributed by atoms with Gasteiger partial charge in [-0.3, -0.25) is 0 Å². The number of nitrogen functional groups attached to an aromatic ring is 1. The minimum absolute atomic E-state index is 0.582. The van der Waals surface area contributed by atoms with Gasteiger partial charge in [0.15, 0.2) is 0 Å². The number of hydrogen-bond acceptors (Lipinski definition) is 2. The zero-order chi connectivity index (χ0) is 11.0. The summed E-state index contributed by atoms with van der Waals surface area (Å²) in [5.41, 5.74) is 6.84. The summed E-state index contributed by atoms with van der Waals surface area (Å²) in [5.74, 6) is 2.22. The van der Waals surface area contributed by atoms with E-state index in [1.54, 1.807) is 0 Å². The Bertz CT molecular complexity index is 488. The number of pyridine rings is 1. The summed E-state index contributed by atoms with van der Waals surface area (Å²) in [5, 5.41) is 0. The fourth-order valence-corrected chi connectivity index (χ4v) is 1.99. The molecule has 0 bridgehead atoms. The molecule has 2 aromatic heterocycles. The van der Waals surface area contributed by atoms with Crippen LogP contribution in [0.25, 0.3) is 5.52 Å². The minimum Gasteiger partial charge on any atom is -0.382 e. The molecular weight excluding hydrogens is 254 g/mol. The highest BCUT2D eigenvalue weighted by Gasteiger charge is 2.09. The third-order valence-corrected chi connectivity index (χ3v) is 2.79. The molecule has 2 aromatic rings. The standard InChI is InChI=1S/C11H14BrN3/c1-7(2)5-10-14-11(13)9-6-8(12)3-4-15(9)10/h3-4,6-7H,5,13H2,1-2H3. The predicted octanol–water partition coefficient (Wildman–Crippen LogP) is 2.88. The van der Waals surface area contributed by atoms with Crippen LogP contribution in [0, 0.1) is 5.92 Å². The smallest absolute Gasteiger partial charge is 0.149 e. The molecule has 4 heteroatoms. The lowest BCUT2D eigenvalue weighted by molar-refractivity contribution is 0.619. The molecule has 2 N–H and O–H groups in total. The summed E-state index contributed by atoms with van der Waals surface area (Å²) in [4.78, 5) is 4.39. The Kier molecular flexibility index (Phi) is 2.69. The molecule has 0 amide bonds. The van der Waals surface area contributed by atoms with E-state index in [9.17, 15) is 0 Å². The molecule has 2 heterocycles. The Labute approximate surface area is 97.4 Å². The first-order valence-electron chi connectivity index (χ1n) is 5.00. The maximum absolute atomic E-state index is 5.87. The van der Waals surface area contributed by atoms with Gasteiger partial charge in [0.25, 0.3) is 0 Å². The largest absolute Gasteiger partial charge is 0.382 e. The van der Waals surface area contributed by atoms with Crippen LogP contribution in [0.15, 0.2) is 22.8 Å². The van der Waals surface area contributed by atoms with Crippen LogP contribution in [0.2, 0.25) is 0 Å². The summed E-state index contributed by atoms with van der Waals surface area (Å²) >= 11 is 3.43. The third kappa shape index (κ3) is 2.00. The van der Waals surface area contributed by atoms with Gasteiger partial charge in [-0.1, -0.05) is 29.8 Å². The predicted molar refractivity (Wildman–Crippen MR) is 65.8 cm³/mol. The van der Waals surface area contributed by atoms with Gasteiger partial charge in [-0.05, 0) is 18.1 Å². The van der Waals surface area contributed by atoms with Crippen molar-refractivity contribution in [2.24, 2.45) is 5.92 Å². The SMILES string of the molecule is CC(C)Cc1nc(N)c2cc(Br)ccn12. The maximum atomic E-state index is 5.87. The summed E-state index contributed by atoms with van der Waals surface area (Å²) in [6.07, 6.45) is 2.94. The highest BCUT2D eigenvalue weighted by molar-refractivity contribution is 9.10. The Hall–Kier alpha value is -1.03. The van der Waals surface area contributed by atoms with E-state index in [4.69, 9.17) is 5.73 Å². The van der Waals surface area contributed by atoms with Gasteiger partial charge in [-0.25, -0.2) is 4.98 Å². The first kappa shape index (κ1) is 10.5. The number of fused-ring (bicyclic) bond motifs is 1. The molecule has 3 nitrogen and oxygen atoms in total. The number of hydrogen-bond donors (Lipinski definition) is 1. The molecule has 0 aliphatic heterocycles. The van der Waals surface area contributed by atoms with Crippen molar-refractivity contribution in [2.75, 3.05) is 5.73 Å². The third-order valence-electron chi connectivity index (χ3n) is 2.30. The Morgan fingerprint density at radius 2 is 2.27 bits per heavy atom. The molecule has 0 aromatic carbocycles. The van der Waals surface area contributed by atoms with Crippen LogP contribution in [0.3, 0.4) is 0 Å². The molecule has 0 atom stereocenters. The van der Waals surface area contributed by atoms with E-state index in [-0.39, 0.29) is 0 Å². The Balaban J connectivity index is 2.57. The van der Waals surface area contributed by atoms with Crippen molar-refractivity contribution < 1.29 is 0 Å². The summed E-state index contributed by atoms with van der Waals surface area (Å²) < 4.78 is 3.08. The van der Waals surface area contributed by atoms with Crippen molar-refractivity contribution in [3.63, 3.8) is 0 Å². The van der Waals surface area contributed by atoms with Gasteiger partial charge in [0.05, 0.1) is 5.52 Å². The molecule has 0 spiro atoms. The molecule has 0 saturated carbocycles. The van der Waals surface area contributed by atoms with Crippen molar-refractivity contribution in [3.05, 3.63) is 28.6 Å². The fourth-order valence-electron chi connectivity index (χ4n) is 1.66.